The van der Waals surface area contributed by atoms with Gasteiger partial charge in [-0.1, -0.05) is 6.08 Å². The molecule has 0 saturated heterocycles. The van der Waals surface area contributed by atoms with Crippen LogP contribution in [0, 0.1) is 0 Å². The Morgan fingerprint density at radius 3 is 2.72 bits per heavy atom. The molecule has 0 aliphatic carbocycles. The van der Waals surface area contributed by atoms with Crippen molar-refractivity contribution >= 4 is 11.8 Å². The quantitative estimate of drug-likeness (QED) is 0.458. The second-order valence-electron chi connectivity index (χ2n) is 3.85. The molecule has 0 atom stereocenters. The molecule has 4 heteroatoms. The number of aromatic carboxylic acids is 1. The average molecular weight is 248 g/mol. The maximum atomic E-state index is 11.2. The Hall–Kier alpha value is -2.10. The zero-order chi connectivity index (χ0) is 13.5. The normalized spacial score (nSPS) is 9.83. The van der Waals surface area contributed by atoms with Crippen LogP contribution in [-0.2, 0) is 0 Å². The van der Waals surface area contributed by atoms with Crippen LogP contribution < -0.4 is 4.74 Å². The van der Waals surface area contributed by atoms with Crippen molar-refractivity contribution in [1.82, 2.24) is 0 Å². The smallest absolute Gasteiger partial charge is 0.339 e. The molecule has 0 aliphatic heterocycles. The molecule has 0 heterocycles. The number of allylic oxidation sites excluding steroid dienone is 1. The zero-order valence-electron chi connectivity index (χ0n) is 10.3. The highest BCUT2D eigenvalue weighted by Crippen LogP contribution is 2.21. The highest BCUT2D eigenvalue weighted by molar-refractivity contribution is 5.98. The third kappa shape index (κ3) is 3.73. The lowest BCUT2D eigenvalue weighted by Crippen LogP contribution is -2.06. The molecular weight excluding hydrogens is 232 g/mol. The maximum absolute atomic E-state index is 11.2. The van der Waals surface area contributed by atoms with E-state index < -0.39 is 5.97 Å². The second-order valence-corrected chi connectivity index (χ2v) is 3.85. The summed E-state index contributed by atoms with van der Waals surface area (Å²) in [6.45, 7) is 5.41. The molecule has 1 aromatic rings. The largest absolute Gasteiger partial charge is 0.493 e. The van der Waals surface area contributed by atoms with Crippen LogP contribution in [0.25, 0.3) is 0 Å². The first-order valence-electron chi connectivity index (χ1n) is 5.68. The van der Waals surface area contributed by atoms with E-state index in [2.05, 4.69) is 6.58 Å². The lowest BCUT2D eigenvalue weighted by molar-refractivity contribution is 0.0692. The fourth-order valence-corrected chi connectivity index (χ4v) is 1.45. The van der Waals surface area contributed by atoms with Crippen LogP contribution in [0.2, 0.25) is 0 Å². The number of hydrogen-bond donors (Lipinski definition) is 1. The molecule has 0 unspecified atom stereocenters. The molecule has 18 heavy (non-hydrogen) atoms. The summed E-state index contributed by atoms with van der Waals surface area (Å²) in [7, 11) is 0. The predicted molar refractivity (Wildman–Crippen MR) is 68.3 cm³/mol. The molecule has 1 N–H and O–H groups in total. The number of hydrogen-bond acceptors (Lipinski definition) is 3. The van der Waals surface area contributed by atoms with Crippen molar-refractivity contribution in [2.45, 2.75) is 19.8 Å². The zero-order valence-corrected chi connectivity index (χ0v) is 10.3. The number of benzene rings is 1. The van der Waals surface area contributed by atoms with E-state index in [1.54, 1.807) is 12.1 Å². The number of rotatable bonds is 7. The molecule has 4 nitrogen and oxygen atoms in total. The summed E-state index contributed by atoms with van der Waals surface area (Å²) in [6.07, 6.45) is 3.37. The Morgan fingerprint density at radius 2 is 2.17 bits per heavy atom. The van der Waals surface area contributed by atoms with E-state index >= 15 is 0 Å². The third-order valence-electron chi connectivity index (χ3n) is 2.43. The Balaban J connectivity index is 2.86. The van der Waals surface area contributed by atoms with Crippen molar-refractivity contribution in [3.05, 3.63) is 42.0 Å². The minimum atomic E-state index is -1.10. The van der Waals surface area contributed by atoms with E-state index in [0.717, 1.165) is 12.8 Å². The summed E-state index contributed by atoms with van der Waals surface area (Å²) in [5.74, 6) is -0.982. The topological polar surface area (TPSA) is 63.6 Å². The lowest BCUT2D eigenvalue weighted by Gasteiger charge is -2.09. The molecule has 0 amide bonds. The Kier molecular flexibility index (Phi) is 5.11. The lowest BCUT2D eigenvalue weighted by atomic mass is 10.1. The number of carboxylic acids is 1. The average Bonchev–Trinajstić information content (AvgIpc) is 2.34. The molecular formula is C14H16O4. The summed E-state index contributed by atoms with van der Waals surface area (Å²) < 4.78 is 5.40. The van der Waals surface area contributed by atoms with Crippen molar-refractivity contribution in [2.24, 2.45) is 0 Å². The highest BCUT2D eigenvalue weighted by atomic mass is 16.5. The monoisotopic (exact) mass is 248 g/mol. The summed E-state index contributed by atoms with van der Waals surface area (Å²) in [6, 6.07) is 4.43. The summed E-state index contributed by atoms with van der Waals surface area (Å²) >= 11 is 0. The molecule has 0 bridgehead atoms. The molecule has 0 fully saturated rings. The van der Waals surface area contributed by atoms with Crippen LogP contribution in [0.5, 0.6) is 5.75 Å². The molecule has 0 aromatic heterocycles. The Labute approximate surface area is 106 Å². The van der Waals surface area contributed by atoms with E-state index in [0.29, 0.717) is 12.2 Å². The van der Waals surface area contributed by atoms with E-state index in [-0.39, 0.29) is 17.1 Å². The van der Waals surface area contributed by atoms with Crippen molar-refractivity contribution in [1.29, 1.82) is 0 Å². The van der Waals surface area contributed by atoms with Crippen LogP contribution in [0.1, 0.15) is 40.5 Å². The molecule has 1 aromatic carbocycles. The SMILES string of the molecule is C=CCCCOc1ccc(C(C)=O)cc1C(=O)O. The number of carboxylic acid groups (broad SMARTS) is 1. The highest BCUT2D eigenvalue weighted by Gasteiger charge is 2.13. The minimum Gasteiger partial charge on any atom is -0.493 e. The number of unbranched alkanes of at least 4 members (excludes halogenated alkanes) is 1. The van der Waals surface area contributed by atoms with E-state index in [1.165, 1.54) is 19.1 Å². The fraction of sp³-hybridized carbons (Fsp3) is 0.286. The van der Waals surface area contributed by atoms with Crippen LogP contribution >= 0.6 is 0 Å². The Morgan fingerprint density at radius 1 is 1.44 bits per heavy atom. The number of Topliss-reactive ketones (excluding diaryl/α,β-unsaturated/α-hetero) is 1. The van der Waals surface area contributed by atoms with Gasteiger partial charge in [0.25, 0.3) is 0 Å². The van der Waals surface area contributed by atoms with Crippen molar-refractivity contribution in [3.63, 3.8) is 0 Å². The Bertz CT molecular complexity index is 463. The predicted octanol–water partition coefficient (Wildman–Crippen LogP) is 2.93. The van der Waals surface area contributed by atoms with Gasteiger partial charge in [0.1, 0.15) is 11.3 Å². The van der Waals surface area contributed by atoms with Crippen LogP contribution in [-0.4, -0.2) is 23.5 Å². The molecule has 96 valence electrons. The third-order valence-corrected chi connectivity index (χ3v) is 2.43. The van der Waals surface area contributed by atoms with Crippen molar-refractivity contribution in [2.75, 3.05) is 6.61 Å². The van der Waals surface area contributed by atoms with Gasteiger partial charge in [-0.2, -0.15) is 0 Å². The van der Waals surface area contributed by atoms with E-state index in [1.807, 2.05) is 0 Å². The van der Waals surface area contributed by atoms with Crippen molar-refractivity contribution in [3.8, 4) is 5.75 Å². The van der Waals surface area contributed by atoms with Gasteiger partial charge in [0.2, 0.25) is 0 Å². The van der Waals surface area contributed by atoms with Gasteiger partial charge in [-0.15, -0.1) is 6.58 Å². The van der Waals surface area contributed by atoms with E-state index in [4.69, 9.17) is 9.84 Å². The van der Waals surface area contributed by atoms with Gasteiger partial charge in [0.15, 0.2) is 5.78 Å². The first-order valence-corrected chi connectivity index (χ1v) is 5.68. The molecule has 0 saturated carbocycles. The van der Waals surface area contributed by atoms with Crippen molar-refractivity contribution < 1.29 is 19.4 Å². The standard InChI is InChI=1S/C14H16O4/c1-3-4-5-8-18-13-7-6-11(10(2)15)9-12(13)14(16)17/h3,6-7,9H,1,4-5,8H2,2H3,(H,16,17). The number of ether oxygens (including phenoxy) is 1. The van der Waals surface area contributed by atoms with E-state index in [9.17, 15) is 9.59 Å². The molecule has 0 radical (unpaired) electrons. The molecule has 0 spiro atoms. The number of carbonyl (C=O) groups is 2. The molecule has 1 rings (SSSR count). The maximum Gasteiger partial charge on any atom is 0.339 e. The van der Waals surface area contributed by atoms with Gasteiger partial charge in [0.05, 0.1) is 6.61 Å². The summed E-state index contributed by atoms with van der Waals surface area (Å²) in [5.41, 5.74) is 0.382. The summed E-state index contributed by atoms with van der Waals surface area (Å²) in [5, 5.41) is 9.07. The van der Waals surface area contributed by atoms with Gasteiger partial charge in [-0.25, -0.2) is 4.79 Å². The number of carbonyl (C=O) groups excluding carboxylic acids is 1. The van der Waals surface area contributed by atoms with Gasteiger partial charge < -0.3 is 9.84 Å². The fourth-order valence-electron chi connectivity index (χ4n) is 1.45. The second kappa shape index (κ2) is 6.59. The number of ketones is 1. The van der Waals surface area contributed by atoms with Crippen LogP contribution in [0.4, 0.5) is 0 Å². The van der Waals surface area contributed by atoms with Gasteiger partial charge in [0, 0.05) is 5.56 Å². The molecule has 0 aliphatic rings. The van der Waals surface area contributed by atoms with Gasteiger partial charge >= 0.3 is 5.97 Å². The summed E-state index contributed by atoms with van der Waals surface area (Å²) in [4.78, 5) is 22.3. The first-order chi connectivity index (χ1) is 8.56. The first kappa shape index (κ1) is 14.0. The van der Waals surface area contributed by atoms with Crippen LogP contribution in [0.15, 0.2) is 30.9 Å². The van der Waals surface area contributed by atoms with Crippen LogP contribution in [0.3, 0.4) is 0 Å². The van der Waals surface area contributed by atoms with Gasteiger partial charge in [-0.05, 0) is 38.0 Å². The minimum absolute atomic E-state index is 0.0151. The van der Waals surface area contributed by atoms with Gasteiger partial charge in [-0.3, -0.25) is 4.79 Å².